The fourth-order valence-corrected chi connectivity index (χ4v) is 4.14. The van der Waals surface area contributed by atoms with Crippen molar-refractivity contribution in [2.45, 2.75) is 59.6 Å². The molecule has 1 N–H and O–H groups in total. The predicted molar refractivity (Wildman–Crippen MR) is 131 cm³/mol. The second-order valence-corrected chi connectivity index (χ2v) is 16.0. The van der Waals surface area contributed by atoms with E-state index in [9.17, 15) is 10.1 Å². The molecule has 0 aliphatic carbocycles. The number of pyridine rings is 2. The number of anilines is 1. The lowest BCUT2D eigenvalue weighted by molar-refractivity contribution is -0.126. The molecule has 0 aromatic carbocycles. The first kappa shape index (κ1) is 23.9. The molecule has 170 valence electrons. The summed E-state index contributed by atoms with van der Waals surface area (Å²) in [6.45, 7) is 14.4. The van der Waals surface area contributed by atoms with Gasteiger partial charge in [-0.3, -0.25) is 9.36 Å². The van der Waals surface area contributed by atoms with Crippen LogP contribution in [0.15, 0.2) is 24.5 Å². The molecule has 0 radical (unpaired) electrons. The lowest BCUT2D eigenvalue weighted by atomic mass is 9.89. The SMILES string of the molecule is CC(C)(C)C(=O)CCNc1cnc2c(c1)c1cc(C#N)ncc1n2COCC[Si](C)(C)C. The maximum atomic E-state index is 12.2. The second-order valence-electron chi connectivity index (χ2n) is 10.4. The molecule has 0 bridgehead atoms. The minimum Gasteiger partial charge on any atom is -0.383 e. The Kier molecular flexibility index (Phi) is 7.01. The lowest BCUT2D eigenvalue weighted by Gasteiger charge is -2.16. The van der Waals surface area contributed by atoms with Gasteiger partial charge in [-0.25, -0.2) is 9.97 Å². The van der Waals surface area contributed by atoms with Crippen molar-refractivity contribution < 1.29 is 9.53 Å². The van der Waals surface area contributed by atoms with Crippen LogP contribution in [0.25, 0.3) is 21.9 Å². The highest BCUT2D eigenvalue weighted by Crippen LogP contribution is 2.30. The molecule has 0 unspecified atom stereocenters. The summed E-state index contributed by atoms with van der Waals surface area (Å²) in [5.74, 6) is 0.218. The van der Waals surface area contributed by atoms with Crippen LogP contribution in [0.3, 0.4) is 0 Å². The first-order chi connectivity index (χ1) is 15.0. The number of nitrogens with zero attached hydrogens (tertiary/aromatic N) is 4. The quantitative estimate of drug-likeness (QED) is 0.356. The largest absolute Gasteiger partial charge is 0.383 e. The summed E-state index contributed by atoms with van der Waals surface area (Å²) in [5.41, 5.74) is 2.55. The molecule has 7 nitrogen and oxygen atoms in total. The Morgan fingerprint density at radius 2 is 1.94 bits per heavy atom. The van der Waals surface area contributed by atoms with Crippen LogP contribution in [-0.4, -0.2) is 41.5 Å². The third-order valence-electron chi connectivity index (χ3n) is 5.44. The molecule has 32 heavy (non-hydrogen) atoms. The summed E-state index contributed by atoms with van der Waals surface area (Å²) in [6, 6.07) is 7.03. The number of aromatic nitrogens is 3. The van der Waals surface area contributed by atoms with Gasteiger partial charge in [-0.1, -0.05) is 40.4 Å². The maximum absolute atomic E-state index is 12.2. The van der Waals surface area contributed by atoms with E-state index in [0.29, 0.717) is 32.0 Å². The third kappa shape index (κ3) is 5.72. The number of fused-ring (bicyclic) bond motifs is 3. The number of Topliss-reactive ketones (excluding diaryl/α,β-unsaturated/α-hetero) is 1. The molecule has 3 aromatic rings. The van der Waals surface area contributed by atoms with Gasteiger partial charge in [0.2, 0.25) is 0 Å². The van der Waals surface area contributed by atoms with E-state index in [1.807, 2.05) is 31.4 Å². The summed E-state index contributed by atoms with van der Waals surface area (Å²) in [4.78, 5) is 21.1. The van der Waals surface area contributed by atoms with Crippen molar-refractivity contribution in [1.29, 1.82) is 5.26 Å². The van der Waals surface area contributed by atoms with Crippen molar-refractivity contribution in [1.82, 2.24) is 14.5 Å². The molecule has 0 fully saturated rings. The predicted octanol–water partition coefficient (Wildman–Crippen LogP) is 5.19. The Hall–Kier alpha value is -2.76. The molecule has 0 aliphatic heterocycles. The zero-order chi connectivity index (χ0) is 23.5. The molecule has 3 heterocycles. The number of rotatable bonds is 9. The van der Waals surface area contributed by atoms with E-state index in [2.05, 4.69) is 41.0 Å². The van der Waals surface area contributed by atoms with E-state index in [1.165, 1.54) is 0 Å². The van der Waals surface area contributed by atoms with E-state index >= 15 is 0 Å². The fraction of sp³-hybridized carbons (Fsp3) is 0.500. The third-order valence-corrected chi connectivity index (χ3v) is 7.14. The smallest absolute Gasteiger partial charge is 0.143 e. The molecule has 0 amide bonds. The number of ketones is 1. The van der Waals surface area contributed by atoms with Gasteiger partial charge in [0.1, 0.15) is 29.9 Å². The first-order valence-electron chi connectivity index (χ1n) is 11.0. The fourth-order valence-electron chi connectivity index (χ4n) is 3.38. The normalized spacial score (nSPS) is 12.3. The van der Waals surface area contributed by atoms with Gasteiger partial charge >= 0.3 is 0 Å². The van der Waals surface area contributed by atoms with Gasteiger partial charge < -0.3 is 10.1 Å². The van der Waals surface area contributed by atoms with Crippen molar-refractivity contribution in [2.24, 2.45) is 5.41 Å². The van der Waals surface area contributed by atoms with E-state index in [1.54, 1.807) is 18.5 Å². The van der Waals surface area contributed by atoms with Crippen molar-refractivity contribution >= 4 is 41.5 Å². The van der Waals surface area contributed by atoms with Gasteiger partial charge in [-0.2, -0.15) is 5.26 Å². The standard InChI is InChI=1S/C24H33N5O2Si/c1-24(2,3)22(30)7-8-26-18-12-20-19-11-17(13-25)27-15-21(19)29(23(20)28-14-18)16-31-9-10-32(4,5)6/h11-12,14-15,26H,7-10,16H2,1-6H3. The zero-order valence-corrected chi connectivity index (χ0v) is 21.0. The van der Waals surface area contributed by atoms with Crippen LogP contribution in [-0.2, 0) is 16.3 Å². The minimum atomic E-state index is -1.17. The van der Waals surface area contributed by atoms with Gasteiger partial charge in [0.15, 0.2) is 0 Å². The molecule has 3 rings (SSSR count). The molecule has 0 saturated heterocycles. The van der Waals surface area contributed by atoms with E-state index in [4.69, 9.17) is 4.74 Å². The van der Waals surface area contributed by atoms with E-state index in [-0.39, 0.29) is 11.2 Å². The first-order valence-corrected chi connectivity index (χ1v) is 14.7. The Bertz CT molecular complexity index is 1170. The number of hydrogen-bond donors (Lipinski definition) is 1. The Labute approximate surface area is 190 Å². The average Bonchev–Trinajstić information content (AvgIpc) is 3.02. The van der Waals surface area contributed by atoms with Gasteiger partial charge in [0.05, 0.1) is 23.6 Å². The minimum absolute atomic E-state index is 0.218. The molecule has 0 saturated carbocycles. The Morgan fingerprint density at radius 3 is 2.59 bits per heavy atom. The van der Waals surface area contributed by atoms with E-state index in [0.717, 1.165) is 33.7 Å². The van der Waals surface area contributed by atoms with E-state index < -0.39 is 8.07 Å². The molecule has 3 aromatic heterocycles. The summed E-state index contributed by atoms with van der Waals surface area (Å²) in [6.07, 6.45) is 3.95. The average molecular weight is 452 g/mol. The highest BCUT2D eigenvalue weighted by atomic mass is 28.3. The summed E-state index contributed by atoms with van der Waals surface area (Å²) >= 11 is 0. The van der Waals surface area contributed by atoms with Crippen LogP contribution in [0.5, 0.6) is 0 Å². The van der Waals surface area contributed by atoms with Gasteiger partial charge in [-0.05, 0) is 18.2 Å². The lowest BCUT2D eigenvalue weighted by Crippen LogP contribution is -2.22. The van der Waals surface area contributed by atoms with Crippen LogP contribution < -0.4 is 5.32 Å². The monoisotopic (exact) mass is 451 g/mol. The van der Waals surface area contributed by atoms with Gasteiger partial charge in [-0.15, -0.1) is 0 Å². The Balaban J connectivity index is 1.87. The number of carbonyl (C=O) groups excluding carboxylic acids is 1. The zero-order valence-electron chi connectivity index (χ0n) is 20.0. The van der Waals surface area contributed by atoms with Gasteiger partial charge in [0.25, 0.3) is 0 Å². The molecule has 0 spiro atoms. The van der Waals surface area contributed by atoms with Crippen molar-refractivity contribution in [3.05, 3.63) is 30.2 Å². The number of nitriles is 1. The maximum Gasteiger partial charge on any atom is 0.143 e. The van der Waals surface area contributed by atoms with Crippen LogP contribution in [0.4, 0.5) is 5.69 Å². The van der Waals surface area contributed by atoms with Crippen LogP contribution in [0.1, 0.15) is 32.9 Å². The molecule has 0 atom stereocenters. The number of nitrogens with one attached hydrogen (secondary N) is 1. The highest BCUT2D eigenvalue weighted by molar-refractivity contribution is 6.76. The highest BCUT2D eigenvalue weighted by Gasteiger charge is 2.20. The van der Waals surface area contributed by atoms with Crippen LogP contribution in [0.2, 0.25) is 25.7 Å². The molecular formula is C24H33N5O2Si. The van der Waals surface area contributed by atoms with Crippen LogP contribution >= 0.6 is 0 Å². The summed E-state index contributed by atoms with van der Waals surface area (Å²) < 4.78 is 8.00. The van der Waals surface area contributed by atoms with Crippen LogP contribution in [0, 0.1) is 16.7 Å². The Morgan fingerprint density at radius 1 is 1.19 bits per heavy atom. The molecular weight excluding hydrogens is 418 g/mol. The topological polar surface area (TPSA) is 92.8 Å². The van der Waals surface area contributed by atoms with Crippen molar-refractivity contribution in [2.75, 3.05) is 18.5 Å². The number of ether oxygens (including phenoxy) is 1. The summed E-state index contributed by atoms with van der Waals surface area (Å²) in [7, 11) is -1.17. The van der Waals surface area contributed by atoms with Gasteiger partial charge in [0, 0.05) is 43.8 Å². The van der Waals surface area contributed by atoms with Crippen molar-refractivity contribution in [3.8, 4) is 6.07 Å². The number of carbonyl (C=O) groups is 1. The summed E-state index contributed by atoms with van der Waals surface area (Å²) in [5, 5.41) is 14.5. The van der Waals surface area contributed by atoms with Crippen molar-refractivity contribution in [3.63, 3.8) is 0 Å². The molecule has 0 aliphatic rings. The number of hydrogen-bond acceptors (Lipinski definition) is 6. The second kappa shape index (κ2) is 9.39. The molecule has 8 heteroatoms.